The van der Waals surface area contributed by atoms with Gasteiger partial charge in [0.2, 0.25) is 0 Å². The molecule has 0 aliphatic heterocycles. The molecule has 7 heteroatoms. The summed E-state index contributed by atoms with van der Waals surface area (Å²) in [4.78, 5) is 11.3. The Morgan fingerprint density at radius 3 is 2.50 bits per heavy atom. The number of benzene rings is 2. The third-order valence-corrected chi connectivity index (χ3v) is 6.26. The second-order valence-electron chi connectivity index (χ2n) is 6.98. The van der Waals surface area contributed by atoms with Gasteiger partial charge in [0.05, 0.1) is 5.69 Å². The number of rotatable bonds is 7. The quantitative estimate of drug-likeness (QED) is 0.320. The van der Waals surface area contributed by atoms with Crippen LogP contribution in [0.1, 0.15) is 19.4 Å². The largest absolute Gasteiger partial charge is 0.372 e. The van der Waals surface area contributed by atoms with Gasteiger partial charge in [-0.2, -0.15) is 0 Å². The van der Waals surface area contributed by atoms with E-state index in [2.05, 4.69) is 99.7 Å². The zero-order chi connectivity index (χ0) is 21.1. The summed E-state index contributed by atoms with van der Waals surface area (Å²) in [6, 6.07) is 14.9. The maximum absolute atomic E-state index is 4.78. The number of aryl methyl sites for hydroxylation is 1. The second-order valence-corrected chi connectivity index (χ2v) is 8.66. The Morgan fingerprint density at radius 1 is 1.10 bits per heavy atom. The van der Waals surface area contributed by atoms with Crippen LogP contribution >= 0.6 is 27.3 Å². The van der Waals surface area contributed by atoms with Crippen molar-refractivity contribution in [3.8, 4) is 16.9 Å². The van der Waals surface area contributed by atoms with E-state index in [1.807, 2.05) is 10.8 Å². The lowest BCUT2D eigenvalue weighted by molar-refractivity contribution is 0.866. The van der Waals surface area contributed by atoms with Crippen LogP contribution in [0.2, 0.25) is 0 Å². The van der Waals surface area contributed by atoms with Crippen LogP contribution < -0.4 is 10.2 Å². The number of thiazole rings is 1. The maximum atomic E-state index is 4.78. The van der Waals surface area contributed by atoms with E-state index in [1.165, 1.54) is 11.3 Å². The number of halogens is 1. The molecule has 0 fully saturated rings. The molecule has 0 saturated heterocycles. The standard InChI is InChI=1S/C23H24BrN5S/c1-4-28(5-2)19-10-11-20(16(3)12-19)26-23-27-21(14-30-23)17-6-8-18(9-7-17)29-13-22(24)25-15-29/h6-15H,4-5H2,1-3H3,(H,26,27). The number of nitrogens with zero attached hydrogens (tertiary/aromatic N) is 4. The minimum atomic E-state index is 0.821. The first-order valence-corrected chi connectivity index (χ1v) is 11.6. The molecule has 154 valence electrons. The lowest BCUT2D eigenvalue weighted by atomic mass is 10.1. The van der Waals surface area contributed by atoms with Gasteiger partial charge in [0.15, 0.2) is 5.13 Å². The van der Waals surface area contributed by atoms with E-state index in [0.29, 0.717) is 0 Å². The Morgan fingerprint density at radius 2 is 1.87 bits per heavy atom. The topological polar surface area (TPSA) is 46.0 Å². The lowest BCUT2D eigenvalue weighted by Gasteiger charge is -2.22. The van der Waals surface area contributed by atoms with Gasteiger partial charge in [-0.25, -0.2) is 9.97 Å². The highest BCUT2D eigenvalue weighted by atomic mass is 79.9. The Kier molecular flexibility index (Phi) is 6.20. The molecular weight excluding hydrogens is 458 g/mol. The van der Waals surface area contributed by atoms with Gasteiger partial charge in [-0.05, 0) is 72.6 Å². The van der Waals surface area contributed by atoms with E-state index in [1.54, 1.807) is 17.7 Å². The molecule has 5 nitrogen and oxygen atoms in total. The predicted octanol–water partition coefficient (Wildman–Crippen LogP) is 6.66. The fourth-order valence-electron chi connectivity index (χ4n) is 3.40. The highest BCUT2D eigenvalue weighted by Gasteiger charge is 2.09. The van der Waals surface area contributed by atoms with E-state index in [0.717, 1.165) is 45.5 Å². The monoisotopic (exact) mass is 481 g/mol. The van der Waals surface area contributed by atoms with Crippen LogP contribution in [-0.2, 0) is 0 Å². The summed E-state index contributed by atoms with van der Waals surface area (Å²) in [6.07, 6.45) is 3.73. The second kappa shape index (κ2) is 9.02. The summed E-state index contributed by atoms with van der Waals surface area (Å²) in [5, 5.41) is 6.46. The van der Waals surface area contributed by atoms with Crippen LogP contribution in [0.3, 0.4) is 0 Å². The summed E-state index contributed by atoms with van der Waals surface area (Å²) in [7, 11) is 0. The van der Waals surface area contributed by atoms with Gasteiger partial charge in [0.1, 0.15) is 10.9 Å². The van der Waals surface area contributed by atoms with E-state index in [-0.39, 0.29) is 0 Å². The van der Waals surface area contributed by atoms with Crippen molar-refractivity contribution in [1.82, 2.24) is 14.5 Å². The Bertz CT molecular complexity index is 1130. The van der Waals surface area contributed by atoms with Crippen molar-refractivity contribution in [3.63, 3.8) is 0 Å². The smallest absolute Gasteiger partial charge is 0.187 e. The first-order valence-electron chi connectivity index (χ1n) is 9.95. The van der Waals surface area contributed by atoms with Crippen LogP contribution in [0.5, 0.6) is 0 Å². The van der Waals surface area contributed by atoms with E-state index in [4.69, 9.17) is 4.98 Å². The van der Waals surface area contributed by atoms with Gasteiger partial charge in [0.25, 0.3) is 0 Å². The van der Waals surface area contributed by atoms with Crippen molar-refractivity contribution in [1.29, 1.82) is 0 Å². The fourth-order valence-corrected chi connectivity index (χ4v) is 4.44. The van der Waals surface area contributed by atoms with Crippen molar-refractivity contribution in [2.45, 2.75) is 20.8 Å². The summed E-state index contributed by atoms with van der Waals surface area (Å²) in [5.74, 6) is 0. The molecule has 4 rings (SSSR count). The molecular formula is C23H24BrN5S. The minimum Gasteiger partial charge on any atom is -0.372 e. The molecule has 2 heterocycles. The number of anilines is 3. The van der Waals surface area contributed by atoms with E-state index >= 15 is 0 Å². The zero-order valence-electron chi connectivity index (χ0n) is 17.3. The molecule has 0 spiro atoms. The molecule has 0 atom stereocenters. The van der Waals surface area contributed by atoms with Crippen molar-refractivity contribution in [3.05, 3.63) is 70.5 Å². The van der Waals surface area contributed by atoms with Crippen molar-refractivity contribution < 1.29 is 0 Å². The number of hydrogen-bond donors (Lipinski definition) is 1. The molecule has 0 amide bonds. The summed E-state index contributed by atoms with van der Waals surface area (Å²) >= 11 is 5.00. The summed E-state index contributed by atoms with van der Waals surface area (Å²) < 4.78 is 2.80. The van der Waals surface area contributed by atoms with Crippen molar-refractivity contribution >= 4 is 43.8 Å². The number of nitrogens with one attached hydrogen (secondary N) is 1. The highest BCUT2D eigenvalue weighted by molar-refractivity contribution is 9.10. The van der Waals surface area contributed by atoms with Crippen molar-refractivity contribution in [2.24, 2.45) is 0 Å². The number of aromatic nitrogens is 3. The van der Waals surface area contributed by atoms with Gasteiger partial charge < -0.3 is 14.8 Å². The van der Waals surface area contributed by atoms with Crippen LogP contribution in [0, 0.1) is 6.92 Å². The van der Waals surface area contributed by atoms with Gasteiger partial charge in [-0.15, -0.1) is 11.3 Å². The predicted molar refractivity (Wildman–Crippen MR) is 130 cm³/mol. The van der Waals surface area contributed by atoms with Gasteiger partial charge >= 0.3 is 0 Å². The Hall–Kier alpha value is -2.64. The van der Waals surface area contributed by atoms with Gasteiger partial charge in [0, 0.05) is 47.3 Å². The van der Waals surface area contributed by atoms with Crippen LogP contribution in [0.25, 0.3) is 16.9 Å². The molecule has 2 aromatic carbocycles. The van der Waals surface area contributed by atoms with Crippen LogP contribution in [0.15, 0.2) is 65.0 Å². The van der Waals surface area contributed by atoms with Crippen molar-refractivity contribution in [2.75, 3.05) is 23.3 Å². The molecule has 2 aromatic heterocycles. The number of imidazole rings is 1. The average molecular weight is 482 g/mol. The molecule has 0 aliphatic rings. The third kappa shape index (κ3) is 4.42. The summed E-state index contributed by atoms with van der Waals surface area (Å²) in [6.45, 7) is 8.52. The fraction of sp³-hybridized carbons (Fsp3) is 0.217. The lowest BCUT2D eigenvalue weighted by Crippen LogP contribution is -2.21. The molecule has 0 bridgehead atoms. The minimum absolute atomic E-state index is 0.821. The zero-order valence-corrected chi connectivity index (χ0v) is 19.7. The number of hydrogen-bond acceptors (Lipinski definition) is 5. The maximum Gasteiger partial charge on any atom is 0.187 e. The molecule has 1 N–H and O–H groups in total. The SMILES string of the molecule is CCN(CC)c1ccc(Nc2nc(-c3ccc(-n4cnc(Br)c4)cc3)cs2)c(C)c1. The van der Waals surface area contributed by atoms with Gasteiger partial charge in [-0.3, -0.25) is 0 Å². The molecule has 0 unspecified atom stereocenters. The highest BCUT2D eigenvalue weighted by Crippen LogP contribution is 2.30. The normalized spacial score (nSPS) is 10.9. The molecule has 0 saturated carbocycles. The van der Waals surface area contributed by atoms with Gasteiger partial charge in [-0.1, -0.05) is 12.1 Å². The Labute approximate surface area is 189 Å². The average Bonchev–Trinajstić information content (AvgIpc) is 3.40. The van der Waals surface area contributed by atoms with Crippen LogP contribution in [-0.4, -0.2) is 27.6 Å². The molecule has 0 radical (unpaired) electrons. The van der Waals surface area contributed by atoms with E-state index < -0.39 is 0 Å². The first-order chi connectivity index (χ1) is 14.6. The van der Waals surface area contributed by atoms with E-state index in [9.17, 15) is 0 Å². The molecule has 4 aromatic rings. The molecule has 30 heavy (non-hydrogen) atoms. The Balaban J connectivity index is 1.49. The molecule has 0 aliphatic carbocycles. The van der Waals surface area contributed by atoms with Crippen LogP contribution in [0.4, 0.5) is 16.5 Å². The summed E-state index contributed by atoms with van der Waals surface area (Å²) in [5.41, 5.74) is 6.69. The third-order valence-electron chi connectivity index (χ3n) is 5.10. The first kappa shape index (κ1) is 20.6.